The van der Waals surface area contributed by atoms with Crippen LogP contribution in [0.3, 0.4) is 0 Å². The summed E-state index contributed by atoms with van der Waals surface area (Å²) in [5.74, 6) is 0.966. The van der Waals surface area contributed by atoms with Gasteiger partial charge < -0.3 is 19.3 Å². The molecule has 1 aromatic carbocycles. The molecule has 2 aliphatic rings. The summed E-state index contributed by atoms with van der Waals surface area (Å²) in [6, 6.07) is 9.01. The Balaban J connectivity index is 1.48. The number of rotatable bonds is 2. The number of hydrogen-bond acceptors (Lipinski definition) is 4. The lowest BCUT2D eigenvalue weighted by molar-refractivity contribution is 0.0194. The molecule has 2 fully saturated rings. The molecular weight excluding hydrogens is 404 g/mol. The van der Waals surface area contributed by atoms with Gasteiger partial charge in [0, 0.05) is 26.2 Å². The maximum Gasteiger partial charge on any atom is 0.410 e. The number of ether oxygens (including phenoxy) is 2. The first-order chi connectivity index (χ1) is 14.9. The van der Waals surface area contributed by atoms with Crippen LogP contribution in [0.4, 0.5) is 9.59 Å². The molecule has 0 spiro atoms. The van der Waals surface area contributed by atoms with Crippen LogP contribution in [0.15, 0.2) is 24.3 Å². The van der Waals surface area contributed by atoms with Crippen LogP contribution in [0.1, 0.15) is 90.2 Å². The first-order valence-electron chi connectivity index (χ1n) is 12.0. The fourth-order valence-electron chi connectivity index (χ4n) is 4.48. The highest BCUT2D eigenvalue weighted by molar-refractivity contribution is 5.68. The molecule has 0 aromatic heterocycles. The third-order valence-corrected chi connectivity index (χ3v) is 6.17. The van der Waals surface area contributed by atoms with Gasteiger partial charge in [-0.25, -0.2) is 9.59 Å². The molecule has 0 radical (unpaired) electrons. The van der Waals surface area contributed by atoms with Crippen molar-refractivity contribution in [2.75, 3.05) is 26.2 Å². The predicted octanol–water partition coefficient (Wildman–Crippen LogP) is 5.92. The van der Waals surface area contributed by atoms with E-state index in [9.17, 15) is 9.59 Å². The minimum atomic E-state index is -0.452. The summed E-state index contributed by atoms with van der Waals surface area (Å²) in [6.07, 6.45) is 3.45. The van der Waals surface area contributed by atoms with Crippen molar-refractivity contribution in [1.82, 2.24) is 9.80 Å². The SMILES string of the molecule is CC(C)(C)OC(=O)N1CCC(c2ccc(C3CCN(C(=O)OC(C)(C)C)CC3)cc2)CC1. The normalized spacial score (nSPS) is 19.1. The second-order valence-corrected chi connectivity index (χ2v) is 11.1. The van der Waals surface area contributed by atoms with Gasteiger partial charge in [-0.1, -0.05) is 24.3 Å². The van der Waals surface area contributed by atoms with Gasteiger partial charge in [0.05, 0.1) is 0 Å². The molecule has 2 heterocycles. The summed E-state index contributed by atoms with van der Waals surface area (Å²) in [6.45, 7) is 14.4. The minimum Gasteiger partial charge on any atom is -0.444 e. The maximum absolute atomic E-state index is 12.3. The molecule has 3 rings (SSSR count). The average Bonchev–Trinajstić information content (AvgIpc) is 2.72. The molecule has 32 heavy (non-hydrogen) atoms. The van der Waals surface area contributed by atoms with E-state index in [-0.39, 0.29) is 12.2 Å². The smallest absolute Gasteiger partial charge is 0.410 e. The number of nitrogens with zero attached hydrogens (tertiary/aromatic N) is 2. The van der Waals surface area contributed by atoms with Gasteiger partial charge in [-0.3, -0.25) is 0 Å². The molecular formula is C26H40N2O4. The molecule has 2 aliphatic heterocycles. The monoisotopic (exact) mass is 444 g/mol. The van der Waals surface area contributed by atoms with Crippen molar-refractivity contribution >= 4 is 12.2 Å². The van der Waals surface area contributed by atoms with Gasteiger partial charge in [0.25, 0.3) is 0 Å². The van der Waals surface area contributed by atoms with Gasteiger partial charge in [0.1, 0.15) is 11.2 Å². The molecule has 2 saturated heterocycles. The van der Waals surface area contributed by atoms with Crippen molar-refractivity contribution in [3.8, 4) is 0 Å². The fourth-order valence-corrected chi connectivity index (χ4v) is 4.48. The maximum atomic E-state index is 12.3. The molecule has 0 atom stereocenters. The van der Waals surface area contributed by atoms with E-state index in [1.807, 2.05) is 51.3 Å². The van der Waals surface area contributed by atoms with Crippen molar-refractivity contribution in [3.05, 3.63) is 35.4 Å². The van der Waals surface area contributed by atoms with E-state index in [4.69, 9.17) is 9.47 Å². The van der Waals surface area contributed by atoms with E-state index < -0.39 is 11.2 Å². The Hall–Kier alpha value is -2.24. The van der Waals surface area contributed by atoms with Crippen molar-refractivity contribution < 1.29 is 19.1 Å². The molecule has 2 amide bonds. The van der Waals surface area contributed by atoms with Gasteiger partial charge in [0.2, 0.25) is 0 Å². The number of likely N-dealkylation sites (tertiary alicyclic amines) is 2. The van der Waals surface area contributed by atoms with Crippen LogP contribution in [0, 0.1) is 0 Å². The van der Waals surface area contributed by atoms with Crippen molar-refractivity contribution in [1.29, 1.82) is 0 Å². The van der Waals surface area contributed by atoms with Crippen LogP contribution in [0.25, 0.3) is 0 Å². The number of piperidine rings is 2. The van der Waals surface area contributed by atoms with Gasteiger partial charge in [-0.05, 0) is 90.2 Å². The Morgan fingerprint density at radius 3 is 1.19 bits per heavy atom. The summed E-state index contributed by atoms with van der Waals surface area (Å²) >= 11 is 0. The first kappa shape index (κ1) is 24.4. The standard InChI is InChI=1S/C26H40N2O4/c1-25(2,3)31-23(29)27-15-11-21(12-16-27)19-7-9-20(10-8-19)22-13-17-28(18-14-22)24(30)32-26(4,5)6/h7-10,21-22H,11-18H2,1-6H3. The quantitative estimate of drug-likeness (QED) is 0.568. The lowest BCUT2D eigenvalue weighted by atomic mass is 9.85. The van der Waals surface area contributed by atoms with Crippen molar-refractivity contribution in [3.63, 3.8) is 0 Å². The van der Waals surface area contributed by atoms with E-state index in [0.29, 0.717) is 11.8 Å². The molecule has 0 aliphatic carbocycles. The molecule has 0 N–H and O–H groups in total. The van der Waals surface area contributed by atoms with E-state index >= 15 is 0 Å². The molecule has 1 aromatic rings. The highest BCUT2D eigenvalue weighted by Gasteiger charge is 2.29. The number of carbonyl (C=O) groups excluding carboxylic acids is 2. The van der Waals surface area contributed by atoms with Gasteiger partial charge in [-0.2, -0.15) is 0 Å². The van der Waals surface area contributed by atoms with Gasteiger partial charge in [-0.15, -0.1) is 0 Å². The van der Waals surface area contributed by atoms with Crippen molar-refractivity contribution in [2.45, 2.75) is 90.3 Å². The van der Waals surface area contributed by atoms with Crippen LogP contribution in [-0.2, 0) is 9.47 Å². The second-order valence-electron chi connectivity index (χ2n) is 11.1. The molecule has 0 bridgehead atoms. The van der Waals surface area contributed by atoms with E-state index in [1.54, 1.807) is 0 Å². The second kappa shape index (κ2) is 9.72. The van der Waals surface area contributed by atoms with Crippen LogP contribution in [-0.4, -0.2) is 59.4 Å². The average molecular weight is 445 g/mol. The van der Waals surface area contributed by atoms with Crippen LogP contribution >= 0.6 is 0 Å². The van der Waals surface area contributed by atoms with Crippen molar-refractivity contribution in [2.24, 2.45) is 0 Å². The third kappa shape index (κ3) is 6.88. The topological polar surface area (TPSA) is 59.1 Å². The summed E-state index contributed by atoms with van der Waals surface area (Å²) in [7, 11) is 0. The zero-order valence-electron chi connectivity index (χ0n) is 20.6. The Morgan fingerprint density at radius 1 is 0.656 bits per heavy atom. The highest BCUT2D eigenvalue weighted by atomic mass is 16.6. The van der Waals surface area contributed by atoms with E-state index in [1.165, 1.54) is 11.1 Å². The Morgan fingerprint density at radius 2 is 0.938 bits per heavy atom. The highest BCUT2D eigenvalue weighted by Crippen LogP contribution is 2.32. The van der Waals surface area contributed by atoms with Crippen LogP contribution in [0.2, 0.25) is 0 Å². The predicted molar refractivity (Wildman–Crippen MR) is 126 cm³/mol. The summed E-state index contributed by atoms with van der Waals surface area (Å²) in [4.78, 5) is 28.2. The Bertz CT molecular complexity index is 709. The molecule has 6 heteroatoms. The number of carbonyl (C=O) groups is 2. The number of benzene rings is 1. The summed E-state index contributed by atoms with van der Waals surface area (Å²) in [5, 5.41) is 0. The zero-order chi connectivity index (χ0) is 23.5. The molecule has 6 nitrogen and oxygen atoms in total. The summed E-state index contributed by atoms with van der Waals surface area (Å²) < 4.78 is 11.0. The summed E-state index contributed by atoms with van der Waals surface area (Å²) in [5.41, 5.74) is 1.80. The van der Waals surface area contributed by atoms with E-state index in [0.717, 1.165) is 51.9 Å². The fraction of sp³-hybridized carbons (Fsp3) is 0.692. The molecule has 0 saturated carbocycles. The first-order valence-corrected chi connectivity index (χ1v) is 12.0. The molecule has 178 valence electrons. The van der Waals surface area contributed by atoms with Crippen LogP contribution in [0.5, 0.6) is 0 Å². The lowest BCUT2D eigenvalue weighted by Crippen LogP contribution is -2.41. The third-order valence-electron chi connectivity index (χ3n) is 6.17. The Labute approximate surface area is 193 Å². The van der Waals surface area contributed by atoms with Crippen LogP contribution < -0.4 is 0 Å². The Kier molecular flexibility index (Phi) is 7.41. The largest absolute Gasteiger partial charge is 0.444 e. The van der Waals surface area contributed by atoms with Gasteiger partial charge in [0.15, 0.2) is 0 Å². The number of hydrogen-bond donors (Lipinski definition) is 0. The number of amides is 2. The zero-order valence-corrected chi connectivity index (χ0v) is 20.6. The molecule has 0 unspecified atom stereocenters. The lowest BCUT2D eigenvalue weighted by Gasteiger charge is -2.34. The van der Waals surface area contributed by atoms with E-state index in [2.05, 4.69) is 24.3 Å². The van der Waals surface area contributed by atoms with Gasteiger partial charge >= 0.3 is 12.2 Å². The minimum absolute atomic E-state index is 0.205.